The molecule has 5 rings (SSSR count). The predicted octanol–water partition coefficient (Wildman–Crippen LogP) is 5.88. The van der Waals surface area contributed by atoms with Gasteiger partial charge in [0.05, 0.1) is 5.71 Å². The van der Waals surface area contributed by atoms with Crippen LogP contribution in [-0.2, 0) is 0 Å². The number of benzene rings is 3. The van der Waals surface area contributed by atoms with Crippen LogP contribution in [0.25, 0.3) is 22.2 Å². The standard InChI is InChI=1S/C24H22N3/c1-16-15-20(19-9-5-4-6-10-19)13-14-22(16)26-17(2)18(3)27-23-12-8-7-11-21(23)25-24(26)27/h4-15,18H,1-3H3/q+1. The Morgan fingerprint density at radius 3 is 2.37 bits per heavy atom. The number of para-hydroxylation sites is 2. The topological polar surface area (TPSA) is 20.8 Å². The van der Waals surface area contributed by atoms with E-state index in [9.17, 15) is 0 Å². The SMILES string of the molecule is CC1=[N+](c2ccc(-c3ccccc3)cc2C)c2nc3ccccc3n2C1C. The molecule has 0 saturated heterocycles. The first-order valence-corrected chi connectivity index (χ1v) is 9.42. The van der Waals surface area contributed by atoms with Gasteiger partial charge >= 0.3 is 5.95 Å². The van der Waals surface area contributed by atoms with Crippen molar-refractivity contribution in [1.29, 1.82) is 0 Å². The third-order valence-electron chi connectivity index (χ3n) is 5.67. The Morgan fingerprint density at radius 2 is 1.59 bits per heavy atom. The lowest BCUT2D eigenvalue weighted by Crippen LogP contribution is -2.13. The van der Waals surface area contributed by atoms with Crippen LogP contribution in [0.1, 0.15) is 25.5 Å². The average molecular weight is 352 g/mol. The van der Waals surface area contributed by atoms with Gasteiger partial charge in [-0.25, -0.2) is 4.57 Å². The van der Waals surface area contributed by atoms with E-state index in [0.717, 1.165) is 11.5 Å². The van der Waals surface area contributed by atoms with Crippen LogP contribution in [0, 0.1) is 6.92 Å². The summed E-state index contributed by atoms with van der Waals surface area (Å²) in [4.78, 5) is 4.94. The van der Waals surface area contributed by atoms with E-state index in [0.29, 0.717) is 6.04 Å². The van der Waals surface area contributed by atoms with Crippen LogP contribution >= 0.6 is 0 Å². The Bertz CT molecular complexity index is 1200. The Morgan fingerprint density at radius 1 is 0.852 bits per heavy atom. The minimum Gasteiger partial charge on any atom is -0.215 e. The predicted molar refractivity (Wildman–Crippen MR) is 113 cm³/mol. The highest BCUT2D eigenvalue weighted by molar-refractivity contribution is 5.97. The molecule has 4 aromatic rings. The fourth-order valence-corrected chi connectivity index (χ4v) is 4.12. The fourth-order valence-electron chi connectivity index (χ4n) is 4.12. The summed E-state index contributed by atoms with van der Waals surface area (Å²) in [6.45, 7) is 6.64. The molecule has 0 amide bonds. The maximum Gasteiger partial charge on any atom is 0.405 e. The molecule has 1 atom stereocenters. The summed E-state index contributed by atoms with van der Waals surface area (Å²) in [7, 11) is 0. The maximum absolute atomic E-state index is 4.94. The molecule has 3 aromatic carbocycles. The maximum atomic E-state index is 4.94. The van der Waals surface area contributed by atoms with E-state index in [-0.39, 0.29) is 0 Å². The molecule has 1 unspecified atom stereocenters. The van der Waals surface area contributed by atoms with Gasteiger partial charge in [-0.1, -0.05) is 53.5 Å². The van der Waals surface area contributed by atoms with Gasteiger partial charge in [-0.2, -0.15) is 4.58 Å². The van der Waals surface area contributed by atoms with Crippen molar-refractivity contribution in [1.82, 2.24) is 14.1 Å². The average Bonchev–Trinajstić information content (AvgIpc) is 3.18. The van der Waals surface area contributed by atoms with Crippen LogP contribution in [0.3, 0.4) is 0 Å². The molecule has 1 aliphatic rings. The molecule has 0 aliphatic carbocycles. The van der Waals surface area contributed by atoms with Gasteiger partial charge in [-0.15, -0.1) is 0 Å². The van der Waals surface area contributed by atoms with E-state index < -0.39 is 0 Å². The summed E-state index contributed by atoms with van der Waals surface area (Å²) >= 11 is 0. The highest BCUT2D eigenvalue weighted by atomic mass is 15.3. The summed E-state index contributed by atoms with van der Waals surface area (Å²) in [5, 5.41) is 0. The van der Waals surface area contributed by atoms with Crippen LogP contribution < -0.4 is 4.58 Å². The zero-order valence-corrected chi connectivity index (χ0v) is 15.8. The van der Waals surface area contributed by atoms with Gasteiger partial charge in [-0.3, -0.25) is 0 Å². The van der Waals surface area contributed by atoms with E-state index >= 15 is 0 Å². The number of rotatable bonds is 2. The van der Waals surface area contributed by atoms with E-state index in [4.69, 9.17) is 4.98 Å². The minimum atomic E-state index is 0.292. The van der Waals surface area contributed by atoms with E-state index in [1.54, 1.807) is 0 Å². The van der Waals surface area contributed by atoms with Crippen molar-refractivity contribution in [2.45, 2.75) is 26.8 Å². The number of fused-ring (bicyclic) bond motifs is 3. The highest BCUT2D eigenvalue weighted by Crippen LogP contribution is 2.37. The van der Waals surface area contributed by atoms with E-state index in [1.165, 1.54) is 33.6 Å². The smallest absolute Gasteiger partial charge is 0.215 e. The molecule has 132 valence electrons. The van der Waals surface area contributed by atoms with Crippen molar-refractivity contribution in [3.05, 3.63) is 78.4 Å². The van der Waals surface area contributed by atoms with Crippen molar-refractivity contribution in [3.63, 3.8) is 0 Å². The van der Waals surface area contributed by atoms with Crippen LogP contribution in [0.15, 0.2) is 72.8 Å². The van der Waals surface area contributed by atoms with Gasteiger partial charge < -0.3 is 0 Å². The highest BCUT2D eigenvalue weighted by Gasteiger charge is 2.37. The molecule has 0 N–H and O–H groups in total. The van der Waals surface area contributed by atoms with Crippen LogP contribution in [0.4, 0.5) is 11.6 Å². The van der Waals surface area contributed by atoms with Gasteiger partial charge in [0.2, 0.25) is 0 Å². The molecule has 3 heteroatoms. The molecular formula is C24H22N3+. The van der Waals surface area contributed by atoms with Crippen molar-refractivity contribution in [2.75, 3.05) is 0 Å². The number of imidazole rings is 1. The van der Waals surface area contributed by atoms with Crippen LogP contribution in [0.2, 0.25) is 0 Å². The largest absolute Gasteiger partial charge is 0.405 e. The zero-order valence-electron chi connectivity index (χ0n) is 15.8. The lowest BCUT2D eigenvalue weighted by atomic mass is 10.0. The third kappa shape index (κ3) is 2.35. The lowest BCUT2D eigenvalue weighted by Gasteiger charge is -2.10. The van der Waals surface area contributed by atoms with Gasteiger partial charge in [-0.05, 0) is 61.7 Å². The number of hydrogen-bond donors (Lipinski definition) is 0. The molecule has 2 heterocycles. The molecule has 0 spiro atoms. The second kappa shape index (κ2) is 5.92. The number of aromatic nitrogens is 2. The normalized spacial score (nSPS) is 16.2. The Kier molecular flexibility index (Phi) is 3.51. The molecule has 1 aromatic heterocycles. The molecular weight excluding hydrogens is 330 g/mol. The molecule has 3 nitrogen and oxygen atoms in total. The number of nitrogens with zero attached hydrogens (tertiary/aromatic N) is 3. The van der Waals surface area contributed by atoms with Gasteiger partial charge in [0.1, 0.15) is 17.2 Å². The Labute approximate surface area is 159 Å². The molecule has 0 radical (unpaired) electrons. The summed E-state index contributed by atoms with van der Waals surface area (Å²) < 4.78 is 4.66. The van der Waals surface area contributed by atoms with Crippen molar-refractivity contribution < 1.29 is 0 Å². The Balaban J connectivity index is 1.67. The first kappa shape index (κ1) is 16.0. The quantitative estimate of drug-likeness (QED) is 0.413. The molecule has 1 aliphatic heterocycles. The first-order chi connectivity index (χ1) is 13.1. The van der Waals surface area contributed by atoms with Crippen molar-refractivity contribution >= 4 is 28.4 Å². The number of hydrogen-bond acceptors (Lipinski definition) is 1. The molecule has 0 fully saturated rings. The van der Waals surface area contributed by atoms with Crippen molar-refractivity contribution in [3.8, 4) is 11.1 Å². The van der Waals surface area contributed by atoms with Crippen LogP contribution in [-0.4, -0.2) is 15.3 Å². The second-order valence-electron chi connectivity index (χ2n) is 7.29. The van der Waals surface area contributed by atoms with Gasteiger partial charge in [0.15, 0.2) is 5.52 Å². The molecule has 27 heavy (non-hydrogen) atoms. The minimum absolute atomic E-state index is 0.292. The van der Waals surface area contributed by atoms with Crippen molar-refractivity contribution in [2.24, 2.45) is 0 Å². The van der Waals surface area contributed by atoms with Crippen LogP contribution in [0.5, 0.6) is 0 Å². The fraction of sp³-hybridized carbons (Fsp3) is 0.167. The molecule has 0 bridgehead atoms. The second-order valence-corrected chi connectivity index (χ2v) is 7.29. The number of aryl methyl sites for hydroxylation is 1. The summed E-state index contributed by atoms with van der Waals surface area (Å²) in [5.74, 6) is 1.01. The van der Waals surface area contributed by atoms with Gasteiger partial charge in [0, 0.05) is 0 Å². The van der Waals surface area contributed by atoms with Gasteiger partial charge in [0.25, 0.3) is 0 Å². The molecule has 0 saturated carbocycles. The first-order valence-electron chi connectivity index (χ1n) is 9.42. The lowest BCUT2D eigenvalue weighted by molar-refractivity contribution is 0.747. The monoisotopic (exact) mass is 352 g/mol. The zero-order chi connectivity index (χ0) is 18.5. The summed E-state index contributed by atoms with van der Waals surface area (Å²) in [5.41, 5.74) is 8.50. The third-order valence-corrected chi connectivity index (χ3v) is 5.67. The Hall–Kier alpha value is -3.20. The van der Waals surface area contributed by atoms with E-state index in [2.05, 4.69) is 103 Å². The summed E-state index contributed by atoms with van der Waals surface area (Å²) in [6, 6.07) is 25.9. The van der Waals surface area contributed by atoms with E-state index in [1.807, 2.05) is 0 Å². The summed E-state index contributed by atoms with van der Waals surface area (Å²) in [6.07, 6.45) is 0.